The number of carbonyl (C=O) groups is 1. The highest BCUT2D eigenvalue weighted by Gasteiger charge is 2.36. The Morgan fingerprint density at radius 2 is 2.10 bits per heavy atom. The van der Waals surface area contributed by atoms with Crippen LogP contribution in [0.25, 0.3) is 0 Å². The number of hydrogen-bond donors (Lipinski definition) is 1. The van der Waals surface area contributed by atoms with Gasteiger partial charge in [-0.3, -0.25) is 4.98 Å². The number of hydrogen-bond acceptors (Lipinski definition) is 5. The van der Waals surface area contributed by atoms with Gasteiger partial charge in [0.25, 0.3) is 0 Å². The number of aromatic nitrogens is 1. The second-order valence-corrected chi connectivity index (χ2v) is 8.31. The van der Waals surface area contributed by atoms with Gasteiger partial charge < -0.3 is 14.7 Å². The van der Waals surface area contributed by atoms with Crippen molar-refractivity contribution in [1.29, 1.82) is 5.26 Å². The number of fused-ring (bicyclic) bond motifs is 2. The SMILES string of the molecule is CC1=C(C(=O)O)Cc2c(C3CCC3)ncc(C)c2N1c1ccc(C#N)c2c1OCC2. The van der Waals surface area contributed by atoms with Gasteiger partial charge in [0, 0.05) is 47.5 Å². The van der Waals surface area contributed by atoms with Crippen LogP contribution in [0.5, 0.6) is 5.75 Å². The Morgan fingerprint density at radius 3 is 2.77 bits per heavy atom. The molecule has 0 bridgehead atoms. The van der Waals surface area contributed by atoms with Crippen molar-refractivity contribution >= 4 is 17.3 Å². The second kappa shape index (κ2) is 6.88. The van der Waals surface area contributed by atoms with Crippen LogP contribution in [0, 0.1) is 18.3 Å². The maximum Gasteiger partial charge on any atom is 0.333 e. The zero-order valence-corrected chi connectivity index (χ0v) is 17.2. The number of ether oxygens (including phenoxy) is 1. The molecule has 6 nitrogen and oxygen atoms in total. The highest BCUT2D eigenvalue weighted by atomic mass is 16.5. The lowest BCUT2D eigenvalue weighted by molar-refractivity contribution is -0.132. The first-order valence-corrected chi connectivity index (χ1v) is 10.4. The van der Waals surface area contributed by atoms with Crippen LogP contribution in [0.15, 0.2) is 29.6 Å². The average Bonchev–Trinajstić information content (AvgIpc) is 3.18. The van der Waals surface area contributed by atoms with Crippen molar-refractivity contribution < 1.29 is 14.6 Å². The van der Waals surface area contributed by atoms with E-state index in [1.54, 1.807) is 0 Å². The topological polar surface area (TPSA) is 86.5 Å². The zero-order chi connectivity index (χ0) is 21.0. The Kier molecular flexibility index (Phi) is 4.28. The van der Waals surface area contributed by atoms with E-state index in [4.69, 9.17) is 9.72 Å². The molecular formula is C24H23N3O3. The first kappa shape index (κ1) is 18.7. The zero-order valence-electron chi connectivity index (χ0n) is 17.2. The lowest BCUT2D eigenvalue weighted by Gasteiger charge is -2.37. The highest BCUT2D eigenvalue weighted by molar-refractivity contribution is 5.94. The fraction of sp³-hybridized carbons (Fsp3) is 0.375. The van der Waals surface area contributed by atoms with Gasteiger partial charge in [0.15, 0.2) is 0 Å². The van der Waals surface area contributed by atoms with Crippen molar-refractivity contribution in [3.63, 3.8) is 0 Å². The largest absolute Gasteiger partial charge is 0.491 e. The molecule has 2 aromatic rings. The smallest absolute Gasteiger partial charge is 0.333 e. The molecule has 0 saturated heterocycles. The molecular weight excluding hydrogens is 378 g/mol. The number of pyridine rings is 1. The van der Waals surface area contributed by atoms with E-state index >= 15 is 0 Å². The normalized spacial score (nSPS) is 17.7. The van der Waals surface area contributed by atoms with Gasteiger partial charge in [0.05, 0.1) is 35.2 Å². The number of benzene rings is 1. The first-order chi connectivity index (χ1) is 14.5. The van der Waals surface area contributed by atoms with E-state index in [1.807, 2.05) is 37.1 Å². The molecule has 1 N–H and O–H groups in total. The summed E-state index contributed by atoms with van der Waals surface area (Å²) in [4.78, 5) is 18.9. The van der Waals surface area contributed by atoms with E-state index in [1.165, 1.54) is 6.42 Å². The molecule has 2 aliphatic heterocycles. The summed E-state index contributed by atoms with van der Waals surface area (Å²) in [6.07, 6.45) is 6.36. The Bertz CT molecular complexity index is 1160. The minimum absolute atomic E-state index is 0.381. The van der Waals surface area contributed by atoms with E-state index in [-0.39, 0.29) is 0 Å². The predicted octanol–water partition coefficient (Wildman–Crippen LogP) is 4.52. The lowest BCUT2D eigenvalue weighted by atomic mass is 9.78. The molecule has 0 spiro atoms. The molecule has 1 saturated carbocycles. The number of aryl methyl sites for hydroxylation is 1. The molecule has 0 unspecified atom stereocenters. The predicted molar refractivity (Wildman–Crippen MR) is 112 cm³/mol. The minimum atomic E-state index is -0.907. The summed E-state index contributed by atoms with van der Waals surface area (Å²) in [5.74, 6) is 0.181. The summed E-state index contributed by atoms with van der Waals surface area (Å²) in [5, 5.41) is 19.5. The van der Waals surface area contributed by atoms with Crippen LogP contribution in [0.3, 0.4) is 0 Å². The molecule has 1 fully saturated rings. The number of anilines is 2. The molecule has 152 valence electrons. The molecule has 3 aliphatic rings. The average molecular weight is 401 g/mol. The van der Waals surface area contributed by atoms with E-state index < -0.39 is 5.97 Å². The maximum absolute atomic E-state index is 12.2. The molecule has 5 rings (SSSR count). The van der Waals surface area contributed by atoms with Gasteiger partial charge >= 0.3 is 5.97 Å². The summed E-state index contributed by atoms with van der Waals surface area (Å²) in [6, 6.07) is 5.94. The molecule has 0 amide bonds. The van der Waals surface area contributed by atoms with Gasteiger partial charge in [-0.1, -0.05) is 6.42 Å². The summed E-state index contributed by atoms with van der Waals surface area (Å²) in [5.41, 5.74) is 7.45. The highest BCUT2D eigenvalue weighted by Crippen LogP contribution is 2.50. The van der Waals surface area contributed by atoms with E-state index in [2.05, 4.69) is 6.07 Å². The molecule has 0 radical (unpaired) electrons. The number of aliphatic carboxylic acids is 1. The fourth-order valence-electron chi connectivity index (χ4n) is 4.88. The molecule has 6 heteroatoms. The second-order valence-electron chi connectivity index (χ2n) is 8.31. The molecule has 1 aromatic carbocycles. The Labute approximate surface area is 175 Å². The third-order valence-electron chi connectivity index (χ3n) is 6.66. The van der Waals surface area contributed by atoms with E-state index in [0.717, 1.165) is 46.6 Å². The number of carboxylic acids is 1. The first-order valence-electron chi connectivity index (χ1n) is 10.4. The number of allylic oxidation sites excluding steroid dienone is 1. The van der Waals surface area contributed by atoms with Crippen molar-refractivity contribution in [2.45, 2.75) is 51.9 Å². The fourth-order valence-corrected chi connectivity index (χ4v) is 4.88. The molecule has 1 aliphatic carbocycles. The van der Waals surface area contributed by atoms with Gasteiger partial charge in [-0.25, -0.2) is 4.79 Å². The number of nitriles is 1. The van der Waals surface area contributed by atoms with Crippen molar-refractivity contribution in [2.24, 2.45) is 0 Å². The van der Waals surface area contributed by atoms with Gasteiger partial charge in [-0.05, 0) is 44.4 Å². The third-order valence-corrected chi connectivity index (χ3v) is 6.66. The van der Waals surface area contributed by atoms with Gasteiger partial charge in [-0.15, -0.1) is 0 Å². The third kappa shape index (κ3) is 2.62. The molecule has 3 heterocycles. The maximum atomic E-state index is 12.2. The van der Waals surface area contributed by atoms with Gasteiger partial charge in [-0.2, -0.15) is 5.26 Å². The summed E-state index contributed by atoms with van der Waals surface area (Å²) >= 11 is 0. The van der Waals surface area contributed by atoms with Crippen LogP contribution in [0.4, 0.5) is 11.4 Å². The summed E-state index contributed by atoms with van der Waals surface area (Å²) in [7, 11) is 0. The Balaban J connectivity index is 1.78. The van der Waals surface area contributed by atoms with Crippen LogP contribution < -0.4 is 9.64 Å². The van der Waals surface area contributed by atoms with Crippen molar-refractivity contribution in [1.82, 2.24) is 4.98 Å². The number of carboxylic acid groups (broad SMARTS) is 1. The summed E-state index contributed by atoms with van der Waals surface area (Å²) in [6.45, 7) is 4.40. The minimum Gasteiger partial charge on any atom is -0.491 e. The Morgan fingerprint density at radius 1 is 1.30 bits per heavy atom. The van der Waals surface area contributed by atoms with Crippen molar-refractivity contribution in [3.05, 3.63) is 57.5 Å². The van der Waals surface area contributed by atoms with E-state index in [9.17, 15) is 15.2 Å². The summed E-state index contributed by atoms with van der Waals surface area (Å²) < 4.78 is 5.96. The Hall–Kier alpha value is -3.33. The molecule has 0 atom stereocenters. The number of nitrogens with zero attached hydrogens (tertiary/aromatic N) is 3. The van der Waals surface area contributed by atoms with Crippen molar-refractivity contribution in [3.8, 4) is 11.8 Å². The monoisotopic (exact) mass is 401 g/mol. The van der Waals surface area contributed by atoms with Crippen LogP contribution >= 0.6 is 0 Å². The van der Waals surface area contributed by atoms with Crippen LogP contribution in [0.2, 0.25) is 0 Å². The number of rotatable bonds is 3. The van der Waals surface area contributed by atoms with E-state index in [0.29, 0.717) is 47.9 Å². The molecule has 1 aromatic heterocycles. The standard InChI is InChI=1S/C24H23N3O3/c1-13-12-26-21(15-4-3-5-15)19-10-18(24(28)29)14(2)27(22(13)19)20-7-6-16(11-25)17-8-9-30-23(17)20/h6-7,12,15H,3-5,8-10H2,1-2H3,(H,28,29). The quantitative estimate of drug-likeness (QED) is 0.814. The van der Waals surface area contributed by atoms with Gasteiger partial charge in [0.2, 0.25) is 0 Å². The van der Waals surface area contributed by atoms with Crippen molar-refractivity contribution in [2.75, 3.05) is 11.5 Å². The van der Waals surface area contributed by atoms with Crippen LogP contribution in [-0.4, -0.2) is 22.7 Å². The van der Waals surface area contributed by atoms with Crippen LogP contribution in [-0.2, 0) is 17.6 Å². The van der Waals surface area contributed by atoms with Gasteiger partial charge in [0.1, 0.15) is 5.75 Å². The van der Waals surface area contributed by atoms with Crippen LogP contribution in [0.1, 0.15) is 60.1 Å². The molecule has 30 heavy (non-hydrogen) atoms. The lowest BCUT2D eigenvalue weighted by Crippen LogP contribution is -2.29.